The number of nitrogens with one attached hydrogen (secondary N) is 2. The molecule has 7 heteroatoms. The Hall–Kier alpha value is -0.550. The summed E-state index contributed by atoms with van der Waals surface area (Å²) in [5.41, 5.74) is 0.409. The zero-order valence-electron chi connectivity index (χ0n) is 8.11. The maximum atomic E-state index is 10.7. The van der Waals surface area contributed by atoms with Crippen molar-refractivity contribution in [2.24, 2.45) is 0 Å². The lowest BCUT2D eigenvalue weighted by molar-refractivity contribution is -0.117. The van der Waals surface area contributed by atoms with Gasteiger partial charge in [0.15, 0.2) is 5.11 Å². The van der Waals surface area contributed by atoms with Crippen molar-refractivity contribution in [1.29, 1.82) is 0 Å². The van der Waals surface area contributed by atoms with Gasteiger partial charge in [0, 0.05) is 11.9 Å². The van der Waals surface area contributed by atoms with Crippen molar-refractivity contribution in [1.82, 2.24) is 5.32 Å². The normalized spacial score (nSPS) is 9.75. The highest BCUT2D eigenvalue weighted by Crippen LogP contribution is 2.33. The van der Waals surface area contributed by atoms with Crippen LogP contribution in [-0.2, 0) is 4.79 Å². The Labute approximate surface area is 113 Å². The van der Waals surface area contributed by atoms with Gasteiger partial charge in [0.2, 0.25) is 5.91 Å². The second-order valence-corrected chi connectivity index (χ2v) is 4.54. The predicted molar refractivity (Wildman–Crippen MR) is 71.5 cm³/mol. The standard InChI is InChI=1S/C9H7Cl3N2OS/c1-4(15)13-9(16)14-8-6(11)2-5(10)3-7(8)12/h2-3H,1H3,(H2,13,14,15,16). The van der Waals surface area contributed by atoms with Crippen LogP contribution in [0.1, 0.15) is 6.92 Å². The van der Waals surface area contributed by atoms with Gasteiger partial charge in [-0.05, 0) is 24.4 Å². The molecule has 0 saturated heterocycles. The fraction of sp³-hybridized carbons (Fsp3) is 0.111. The van der Waals surface area contributed by atoms with Gasteiger partial charge in [-0.3, -0.25) is 4.79 Å². The summed E-state index contributed by atoms with van der Waals surface area (Å²) in [7, 11) is 0. The van der Waals surface area contributed by atoms with Gasteiger partial charge in [-0.1, -0.05) is 34.8 Å². The Morgan fingerprint density at radius 2 is 1.75 bits per heavy atom. The Balaban J connectivity index is 2.89. The molecule has 0 aliphatic heterocycles. The minimum atomic E-state index is -0.279. The summed E-state index contributed by atoms with van der Waals surface area (Å²) >= 11 is 22.4. The van der Waals surface area contributed by atoms with E-state index in [0.717, 1.165) is 0 Å². The number of halogens is 3. The van der Waals surface area contributed by atoms with Crippen molar-refractivity contribution in [3.05, 3.63) is 27.2 Å². The molecule has 0 fully saturated rings. The van der Waals surface area contributed by atoms with Crippen LogP contribution in [0.5, 0.6) is 0 Å². The van der Waals surface area contributed by atoms with Crippen molar-refractivity contribution < 1.29 is 4.79 Å². The first-order valence-electron chi connectivity index (χ1n) is 4.13. The molecule has 1 amide bonds. The lowest BCUT2D eigenvalue weighted by Gasteiger charge is -2.11. The van der Waals surface area contributed by atoms with Gasteiger partial charge in [0.1, 0.15) is 0 Å². The van der Waals surface area contributed by atoms with Crippen LogP contribution in [0.4, 0.5) is 5.69 Å². The smallest absolute Gasteiger partial charge is 0.222 e. The summed E-state index contributed by atoms with van der Waals surface area (Å²) in [6.45, 7) is 1.35. The number of carbonyl (C=O) groups is 1. The molecular formula is C9H7Cl3N2OS. The van der Waals surface area contributed by atoms with Crippen LogP contribution in [0, 0.1) is 0 Å². The highest BCUT2D eigenvalue weighted by Gasteiger charge is 2.09. The molecule has 0 atom stereocenters. The van der Waals surface area contributed by atoms with Crippen LogP contribution < -0.4 is 10.6 Å². The number of hydrogen-bond acceptors (Lipinski definition) is 2. The highest BCUT2D eigenvalue weighted by atomic mass is 35.5. The summed E-state index contributed by atoms with van der Waals surface area (Å²) in [4.78, 5) is 10.7. The molecule has 1 aromatic carbocycles. The minimum Gasteiger partial charge on any atom is -0.330 e. The molecular weight excluding hydrogens is 291 g/mol. The van der Waals surface area contributed by atoms with Crippen molar-refractivity contribution in [2.75, 3.05) is 5.32 Å². The summed E-state index contributed by atoms with van der Waals surface area (Å²) in [6.07, 6.45) is 0. The van der Waals surface area contributed by atoms with Gasteiger partial charge in [0.25, 0.3) is 0 Å². The first-order chi connectivity index (χ1) is 7.40. The van der Waals surface area contributed by atoms with E-state index in [2.05, 4.69) is 10.6 Å². The fourth-order valence-corrected chi connectivity index (χ4v) is 2.12. The van der Waals surface area contributed by atoms with E-state index in [9.17, 15) is 4.79 Å². The van der Waals surface area contributed by atoms with Crippen molar-refractivity contribution in [2.45, 2.75) is 6.92 Å². The largest absolute Gasteiger partial charge is 0.330 e. The molecule has 2 N–H and O–H groups in total. The molecule has 1 rings (SSSR count). The topological polar surface area (TPSA) is 41.1 Å². The van der Waals surface area contributed by atoms with Crippen LogP contribution in [0.2, 0.25) is 15.1 Å². The van der Waals surface area contributed by atoms with Crippen LogP contribution >= 0.6 is 47.0 Å². The first kappa shape index (κ1) is 13.5. The van der Waals surface area contributed by atoms with Gasteiger partial charge in [-0.25, -0.2) is 0 Å². The third-order valence-corrected chi connectivity index (χ3v) is 2.55. The van der Waals surface area contributed by atoms with Gasteiger partial charge in [-0.15, -0.1) is 0 Å². The van der Waals surface area contributed by atoms with Crippen molar-refractivity contribution >= 4 is 63.7 Å². The number of carbonyl (C=O) groups excluding carboxylic acids is 1. The van der Waals surface area contributed by atoms with Gasteiger partial charge >= 0.3 is 0 Å². The van der Waals surface area contributed by atoms with Crippen LogP contribution in [0.25, 0.3) is 0 Å². The minimum absolute atomic E-state index is 0.124. The molecule has 0 heterocycles. The number of thiocarbonyl (C=S) groups is 1. The van der Waals surface area contributed by atoms with E-state index in [1.165, 1.54) is 19.1 Å². The predicted octanol–water partition coefficient (Wildman–Crippen LogP) is 3.48. The molecule has 0 bridgehead atoms. The van der Waals surface area contributed by atoms with Crippen LogP contribution in [0.15, 0.2) is 12.1 Å². The Morgan fingerprint density at radius 3 is 2.19 bits per heavy atom. The van der Waals surface area contributed by atoms with Crippen LogP contribution in [-0.4, -0.2) is 11.0 Å². The van der Waals surface area contributed by atoms with E-state index in [1.807, 2.05) is 0 Å². The molecule has 0 aromatic heterocycles. The van der Waals surface area contributed by atoms with Crippen LogP contribution in [0.3, 0.4) is 0 Å². The Bertz CT molecular complexity index is 427. The van der Waals surface area contributed by atoms with E-state index < -0.39 is 0 Å². The van der Waals surface area contributed by atoms with Crippen molar-refractivity contribution in [3.63, 3.8) is 0 Å². The summed E-state index contributed by atoms with van der Waals surface area (Å²) in [5, 5.41) is 6.30. The number of rotatable bonds is 1. The summed E-state index contributed by atoms with van der Waals surface area (Å²) in [6, 6.07) is 3.04. The third-order valence-electron chi connectivity index (χ3n) is 1.53. The third kappa shape index (κ3) is 3.79. The number of hydrogen-bond donors (Lipinski definition) is 2. The number of anilines is 1. The maximum absolute atomic E-state index is 10.7. The Morgan fingerprint density at radius 1 is 1.25 bits per heavy atom. The molecule has 1 aromatic rings. The fourth-order valence-electron chi connectivity index (χ4n) is 0.966. The zero-order valence-corrected chi connectivity index (χ0v) is 11.2. The Kier molecular flexibility index (Phi) is 4.80. The molecule has 3 nitrogen and oxygen atoms in total. The van der Waals surface area contributed by atoms with Crippen molar-refractivity contribution in [3.8, 4) is 0 Å². The maximum Gasteiger partial charge on any atom is 0.222 e. The van der Waals surface area contributed by atoms with E-state index in [0.29, 0.717) is 20.8 Å². The summed E-state index contributed by atoms with van der Waals surface area (Å²) in [5.74, 6) is -0.279. The molecule has 0 spiro atoms. The molecule has 0 saturated carbocycles. The average molecular weight is 298 g/mol. The first-order valence-corrected chi connectivity index (χ1v) is 5.67. The summed E-state index contributed by atoms with van der Waals surface area (Å²) < 4.78 is 0. The van der Waals surface area contributed by atoms with Gasteiger partial charge < -0.3 is 10.6 Å². The van der Waals surface area contributed by atoms with E-state index in [4.69, 9.17) is 47.0 Å². The second-order valence-electron chi connectivity index (χ2n) is 2.88. The quantitative estimate of drug-likeness (QED) is 0.780. The lowest BCUT2D eigenvalue weighted by atomic mass is 10.3. The molecule has 0 radical (unpaired) electrons. The highest BCUT2D eigenvalue weighted by molar-refractivity contribution is 7.80. The molecule has 86 valence electrons. The van der Waals surface area contributed by atoms with E-state index in [1.54, 1.807) is 0 Å². The second kappa shape index (κ2) is 5.68. The molecule has 0 aliphatic rings. The van der Waals surface area contributed by atoms with E-state index in [-0.39, 0.29) is 11.0 Å². The molecule has 0 aliphatic carbocycles. The zero-order chi connectivity index (χ0) is 12.3. The number of benzene rings is 1. The monoisotopic (exact) mass is 296 g/mol. The molecule has 0 unspecified atom stereocenters. The SMILES string of the molecule is CC(=O)NC(=S)Nc1c(Cl)cc(Cl)cc1Cl. The lowest BCUT2D eigenvalue weighted by Crippen LogP contribution is -2.32. The number of amides is 1. The van der Waals surface area contributed by atoms with E-state index >= 15 is 0 Å². The molecule has 16 heavy (non-hydrogen) atoms. The van der Waals surface area contributed by atoms with Gasteiger partial charge in [0.05, 0.1) is 15.7 Å². The average Bonchev–Trinajstić information content (AvgIpc) is 2.09. The van der Waals surface area contributed by atoms with Gasteiger partial charge in [-0.2, -0.15) is 0 Å².